The van der Waals surface area contributed by atoms with Crippen molar-refractivity contribution in [3.05, 3.63) is 48.3 Å². The molecule has 1 aromatic carbocycles. The van der Waals surface area contributed by atoms with Gasteiger partial charge in [-0.3, -0.25) is 9.48 Å². The van der Waals surface area contributed by atoms with E-state index in [0.29, 0.717) is 18.5 Å². The predicted molar refractivity (Wildman–Crippen MR) is 98.2 cm³/mol. The van der Waals surface area contributed by atoms with Crippen molar-refractivity contribution in [3.8, 4) is 0 Å². The fourth-order valence-electron chi connectivity index (χ4n) is 2.78. The van der Waals surface area contributed by atoms with Gasteiger partial charge in [-0.1, -0.05) is 6.07 Å². The Balaban J connectivity index is 1.62. The zero-order valence-corrected chi connectivity index (χ0v) is 15.6. The molecule has 2 N–H and O–H groups in total. The molecule has 2 aromatic rings. The summed E-state index contributed by atoms with van der Waals surface area (Å²) in [5.41, 5.74) is 0.365. The highest BCUT2D eigenvalue weighted by atomic mass is 32.2. The van der Waals surface area contributed by atoms with Gasteiger partial charge in [-0.15, -0.1) is 0 Å². The molecule has 8 heteroatoms. The molecular weight excluding hydrogens is 352 g/mol. The number of carbonyl (C=O) groups excluding carboxylic acids is 1. The molecule has 0 saturated heterocycles. The van der Waals surface area contributed by atoms with E-state index in [1.54, 1.807) is 23.0 Å². The molecule has 0 spiro atoms. The van der Waals surface area contributed by atoms with Gasteiger partial charge in [0.05, 0.1) is 4.90 Å². The average Bonchev–Trinajstić information content (AvgIpc) is 3.09. The maximum atomic E-state index is 12.6. The fraction of sp³-hybridized carbons (Fsp3) is 0.444. The summed E-state index contributed by atoms with van der Waals surface area (Å²) in [4.78, 5) is 12.3. The summed E-state index contributed by atoms with van der Waals surface area (Å²) in [7, 11) is -3.69. The van der Waals surface area contributed by atoms with Crippen molar-refractivity contribution < 1.29 is 13.2 Å². The largest absolute Gasteiger partial charge is 0.349 e. The molecule has 1 aromatic heterocycles. The molecule has 0 bridgehead atoms. The van der Waals surface area contributed by atoms with Gasteiger partial charge in [-0.05, 0) is 56.9 Å². The zero-order valence-electron chi connectivity index (χ0n) is 14.8. The summed E-state index contributed by atoms with van der Waals surface area (Å²) in [6.45, 7) is 2.44. The third-order valence-corrected chi connectivity index (χ3v) is 6.14. The molecule has 140 valence electrons. The van der Waals surface area contributed by atoms with Gasteiger partial charge >= 0.3 is 0 Å². The Morgan fingerprint density at radius 1 is 1.35 bits per heavy atom. The minimum atomic E-state index is -3.69. The van der Waals surface area contributed by atoms with Crippen LogP contribution in [0.15, 0.2) is 47.6 Å². The maximum absolute atomic E-state index is 12.6. The van der Waals surface area contributed by atoms with E-state index >= 15 is 0 Å². The molecule has 1 saturated carbocycles. The van der Waals surface area contributed by atoms with Crippen LogP contribution < -0.4 is 10.0 Å². The van der Waals surface area contributed by atoms with Crippen molar-refractivity contribution in [3.63, 3.8) is 0 Å². The number of carbonyl (C=O) groups is 1. The van der Waals surface area contributed by atoms with E-state index in [-0.39, 0.29) is 22.9 Å². The summed E-state index contributed by atoms with van der Waals surface area (Å²) in [6.07, 6.45) is 7.24. The topological polar surface area (TPSA) is 93.1 Å². The van der Waals surface area contributed by atoms with E-state index in [4.69, 9.17) is 0 Å². The minimum Gasteiger partial charge on any atom is -0.349 e. The summed E-state index contributed by atoms with van der Waals surface area (Å²) in [6, 6.07) is 7.95. The first-order chi connectivity index (χ1) is 12.4. The summed E-state index contributed by atoms with van der Waals surface area (Å²) in [5, 5.41) is 7.03. The molecule has 1 atom stereocenters. The molecule has 1 amide bonds. The highest BCUT2D eigenvalue weighted by Gasteiger charge is 2.22. The molecular formula is C18H24N4O3S. The minimum absolute atomic E-state index is 0.102. The average molecular weight is 376 g/mol. The van der Waals surface area contributed by atoms with Crippen molar-refractivity contribution in [1.29, 1.82) is 0 Å². The Bertz CT molecular complexity index is 845. The lowest BCUT2D eigenvalue weighted by Crippen LogP contribution is -2.39. The molecule has 7 nitrogen and oxygen atoms in total. The van der Waals surface area contributed by atoms with Crippen LogP contribution >= 0.6 is 0 Å². The number of rotatable bonds is 8. The lowest BCUT2D eigenvalue weighted by molar-refractivity contribution is 0.0916. The van der Waals surface area contributed by atoms with Gasteiger partial charge in [0.2, 0.25) is 10.0 Å². The SMILES string of the molecule is C[C@@H](CCn1cccn1)NS(=O)(=O)c1cccc(C(=O)NC2CCC2)c1. The number of sulfonamides is 1. The molecule has 1 aliphatic carbocycles. The van der Waals surface area contributed by atoms with Crippen LogP contribution in [0.3, 0.4) is 0 Å². The smallest absolute Gasteiger partial charge is 0.251 e. The summed E-state index contributed by atoms with van der Waals surface area (Å²) in [5.74, 6) is -0.224. The second kappa shape index (κ2) is 8.01. The number of nitrogens with zero attached hydrogens (tertiary/aromatic N) is 2. The van der Waals surface area contributed by atoms with Crippen molar-refractivity contribution in [2.24, 2.45) is 0 Å². The number of hydrogen-bond acceptors (Lipinski definition) is 4. The van der Waals surface area contributed by atoms with E-state index in [1.807, 2.05) is 19.2 Å². The lowest BCUT2D eigenvalue weighted by Gasteiger charge is -2.26. The highest BCUT2D eigenvalue weighted by molar-refractivity contribution is 7.89. The van der Waals surface area contributed by atoms with Gasteiger partial charge in [0.1, 0.15) is 0 Å². The van der Waals surface area contributed by atoms with Gasteiger partial charge in [-0.2, -0.15) is 5.10 Å². The first-order valence-electron chi connectivity index (χ1n) is 8.85. The van der Waals surface area contributed by atoms with Crippen LogP contribution in [0.1, 0.15) is 43.0 Å². The monoisotopic (exact) mass is 376 g/mol. The molecule has 1 aliphatic rings. The molecule has 0 unspecified atom stereocenters. The number of amides is 1. The number of hydrogen-bond donors (Lipinski definition) is 2. The van der Waals surface area contributed by atoms with Crippen LogP contribution in [0.2, 0.25) is 0 Å². The molecule has 0 radical (unpaired) electrons. The zero-order chi connectivity index (χ0) is 18.6. The van der Waals surface area contributed by atoms with Crippen molar-refractivity contribution in [2.75, 3.05) is 0 Å². The number of benzene rings is 1. The van der Waals surface area contributed by atoms with Crippen molar-refractivity contribution in [1.82, 2.24) is 19.8 Å². The van der Waals surface area contributed by atoms with Gasteiger partial charge in [0.25, 0.3) is 5.91 Å². The first-order valence-corrected chi connectivity index (χ1v) is 10.3. The van der Waals surface area contributed by atoms with Crippen LogP contribution in [0.5, 0.6) is 0 Å². The Kier molecular flexibility index (Phi) is 5.73. The Morgan fingerprint density at radius 2 is 2.15 bits per heavy atom. The third-order valence-electron chi connectivity index (χ3n) is 4.55. The van der Waals surface area contributed by atoms with Gasteiger partial charge in [-0.25, -0.2) is 13.1 Å². The molecule has 1 heterocycles. The first kappa shape index (κ1) is 18.6. The number of aryl methyl sites for hydroxylation is 1. The Morgan fingerprint density at radius 3 is 2.81 bits per heavy atom. The van der Waals surface area contributed by atoms with Crippen molar-refractivity contribution >= 4 is 15.9 Å². The molecule has 3 rings (SSSR count). The van der Waals surface area contributed by atoms with Gasteiger partial charge in [0.15, 0.2) is 0 Å². The standard InChI is InChI=1S/C18H24N4O3S/c1-14(9-12-22-11-4-10-19-22)21-26(24,25)17-8-2-5-15(13-17)18(23)20-16-6-3-7-16/h2,4-5,8,10-11,13-14,16,21H,3,6-7,9,12H2,1H3,(H,20,23)/t14-/m0/s1. The molecule has 1 fully saturated rings. The van der Waals surface area contributed by atoms with E-state index in [1.165, 1.54) is 12.1 Å². The van der Waals surface area contributed by atoms with E-state index < -0.39 is 10.0 Å². The maximum Gasteiger partial charge on any atom is 0.251 e. The van der Waals surface area contributed by atoms with Crippen LogP contribution in [-0.4, -0.2) is 36.2 Å². The van der Waals surface area contributed by atoms with E-state index in [0.717, 1.165) is 19.3 Å². The highest BCUT2D eigenvalue weighted by Crippen LogP contribution is 2.19. The van der Waals surface area contributed by atoms with Crippen LogP contribution in [0.25, 0.3) is 0 Å². The van der Waals surface area contributed by atoms with Gasteiger partial charge in [0, 0.05) is 36.6 Å². The third kappa shape index (κ3) is 4.70. The Hall–Kier alpha value is -2.19. The second-order valence-electron chi connectivity index (χ2n) is 6.71. The molecule has 26 heavy (non-hydrogen) atoms. The number of aromatic nitrogens is 2. The van der Waals surface area contributed by atoms with E-state index in [2.05, 4.69) is 15.1 Å². The quantitative estimate of drug-likeness (QED) is 0.736. The second-order valence-corrected chi connectivity index (χ2v) is 8.42. The normalized spacial score (nSPS) is 16.0. The summed E-state index contributed by atoms with van der Waals surface area (Å²) < 4.78 is 29.6. The van der Waals surface area contributed by atoms with Crippen LogP contribution in [-0.2, 0) is 16.6 Å². The van der Waals surface area contributed by atoms with Crippen molar-refractivity contribution in [2.45, 2.75) is 56.1 Å². The number of nitrogens with one attached hydrogen (secondary N) is 2. The molecule has 0 aliphatic heterocycles. The fourth-order valence-corrected chi connectivity index (χ4v) is 4.10. The van der Waals surface area contributed by atoms with Gasteiger partial charge < -0.3 is 5.32 Å². The van der Waals surface area contributed by atoms with Crippen LogP contribution in [0, 0.1) is 0 Å². The van der Waals surface area contributed by atoms with Crippen LogP contribution in [0.4, 0.5) is 0 Å². The predicted octanol–water partition coefficient (Wildman–Crippen LogP) is 1.92. The summed E-state index contributed by atoms with van der Waals surface area (Å²) >= 11 is 0. The lowest BCUT2D eigenvalue weighted by atomic mass is 9.93. The van der Waals surface area contributed by atoms with E-state index in [9.17, 15) is 13.2 Å². The Labute approximate surface area is 153 Å².